The molecule has 1 unspecified atom stereocenters. The fourth-order valence-corrected chi connectivity index (χ4v) is 5.53. The largest absolute Gasteiger partial charge is 0.497 e. The van der Waals surface area contributed by atoms with Crippen molar-refractivity contribution in [1.82, 2.24) is 10.2 Å². The molecule has 0 fully saturated rings. The maximum atomic E-state index is 13.9. The molecule has 1 atom stereocenters. The van der Waals surface area contributed by atoms with Gasteiger partial charge in [0.15, 0.2) is 0 Å². The minimum absolute atomic E-state index is 0.0343. The van der Waals surface area contributed by atoms with E-state index >= 15 is 0 Å². The molecule has 11 heteroatoms. The van der Waals surface area contributed by atoms with E-state index in [1.165, 1.54) is 72.7 Å². The van der Waals surface area contributed by atoms with Gasteiger partial charge in [-0.2, -0.15) is 0 Å². The fourth-order valence-electron chi connectivity index (χ4n) is 3.94. The molecule has 0 bridgehead atoms. The third kappa shape index (κ3) is 7.95. The van der Waals surface area contributed by atoms with Gasteiger partial charge in [-0.05, 0) is 73.5 Å². The number of sulfonamides is 1. The van der Waals surface area contributed by atoms with E-state index in [2.05, 4.69) is 5.32 Å². The molecule has 0 saturated carbocycles. The first-order chi connectivity index (χ1) is 19.1. The molecule has 1 N–H and O–H groups in total. The smallest absolute Gasteiger partial charge is 0.264 e. The van der Waals surface area contributed by atoms with Crippen LogP contribution in [-0.2, 0) is 26.2 Å². The first-order valence-electron chi connectivity index (χ1n) is 12.8. The van der Waals surface area contributed by atoms with E-state index < -0.39 is 34.3 Å². The molecule has 3 rings (SSSR count). The Bertz CT molecular complexity index is 1400. The zero-order chi connectivity index (χ0) is 29.3. The summed E-state index contributed by atoms with van der Waals surface area (Å²) in [7, 11) is -2.78. The summed E-state index contributed by atoms with van der Waals surface area (Å²) in [5, 5.41) is 3.10. The van der Waals surface area contributed by atoms with E-state index in [1.807, 2.05) is 6.92 Å². The van der Waals surface area contributed by atoms with E-state index in [-0.39, 0.29) is 28.1 Å². The zero-order valence-corrected chi connectivity index (χ0v) is 24.2. The highest BCUT2D eigenvalue weighted by Gasteiger charge is 2.32. The molecule has 0 aliphatic carbocycles. The highest BCUT2D eigenvalue weighted by Crippen LogP contribution is 2.28. The van der Waals surface area contributed by atoms with Gasteiger partial charge in [-0.15, -0.1) is 0 Å². The third-order valence-corrected chi connectivity index (χ3v) is 8.31. The van der Waals surface area contributed by atoms with E-state index in [9.17, 15) is 22.4 Å². The number of nitrogens with one attached hydrogen (secondary N) is 1. The second kappa shape index (κ2) is 14.1. The number of benzene rings is 3. The van der Waals surface area contributed by atoms with E-state index in [0.29, 0.717) is 17.9 Å². The average molecular weight is 590 g/mol. The monoisotopic (exact) mass is 589 g/mol. The Morgan fingerprint density at radius 1 is 1.05 bits per heavy atom. The maximum Gasteiger partial charge on any atom is 0.264 e. The Morgan fingerprint density at radius 2 is 1.73 bits per heavy atom. The number of hydrogen-bond acceptors (Lipinski definition) is 5. The summed E-state index contributed by atoms with van der Waals surface area (Å²) in [5.74, 6) is -0.974. The summed E-state index contributed by atoms with van der Waals surface area (Å²) in [6.45, 7) is 3.37. The summed E-state index contributed by atoms with van der Waals surface area (Å²) in [6.07, 6.45) is 1.65. The molecule has 8 nitrogen and oxygen atoms in total. The quantitative estimate of drug-likeness (QED) is 0.283. The number of methoxy groups -OCH3 is 1. The number of rotatable bonds is 13. The second-order valence-electron chi connectivity index (χ2n) is 9.14. The molecule has 0 aliphatic heterocycles. The van der Waals surface area contributed by atoms with Crippen molar-refractivity contribution in [2.45, 2.75) is 44.2 Å². The summed E-state index contributed by atoms with van der Waals surface area (Å²) < 4.78 is 47.3. The number of nitrogens with zero attached hydrogens (tertiary/aromatic N) is 2. The van der Waals surface area contributed by atoms with Crippen LogP contribution in [0.4, 0.5) is 10.1 Å². The molecule has 3 aromatic rings. The highest BCUT2D eigenvalue weighted by molar-refractivity contribution is 7.92. The van der Waals surface area contributed by atoms with Crippen LogP contribution in [0.1, 0.15) is 32.3 Å². The molecule has 0 heterocycles. The van der Waals surface area contributed by atoms with Crippen LogP contribution in [0.15, 0.2) is 77.7 Å². The summed E-state index contributed by atoms with van der Waals surface area (Å²) in [4.78, 5) is 28.0. The maximum absolute atomic E-state index is 13.9. The number of unbranched alkanes of at least 4 members (excludes halogenated alkanes) is 1. The molecule has 0 saturated heterocycles. The Hall–Kier alpha value is -3.63. The Kier molecular flexibility index (Phi) is 10.9. The van der Waals surface area contributed by atoms with Crippen LogP contribution < -0.4 is 14.4 Å². The lowest BCUT2D eigenvalue weighted by Crippen LogP contribution is -2.51. The number of carbonyl (C=O) groups is 2. The van der Waals surface area contributed by atoms with Gasteiger partial charge in [0.1, 0.15) is 24.2 Å². The molecule has 214 valence electrons. The van der Waals surface area contributed by atoms with Crippen LogP contribution in [0.3, 0.4) is 0 Å². The Morgan fingerprint density at radius 3 is 2.33 bits per heavy atom. The number of carbonyl (C=O) groups excluding carboxylic acids is 2. The van der Waals surface area contributed by atoms with Gasteiger partial charge in [0.25, 0.3) is 10.0 Å². The van der Waals surface area contributed by atoms with Crippen molar-refractivity contribution in [1.29, 1.82) is 0 Å². The highest BCUT2D eigenvalue weighted by atomic mass is 35.5. The van der Waals surface area contributed by atoms with Crippen LogP contribution >= 0.6 is 11.6 Å². The molecule has 0 radical (unpaired) electrons. The number of ether oxygens (including phenoxy) is 1. The third-order valence-electron chi connectivity index (χ3n) is 6.29. The molecular weight excluding hydrogens is 557 g/mol. The SMILES string of the molecule is CCCCNC(=O)C(C)N(Cc1ccc(F)cc1)C(=O)CN(c1cccc(Cl)c1)S(=O)(=O)c1ccc(OC)cc1. The molecular formula is C29H33ClFN3O5S. The first-order valence-corrected chi connectivity index (χ1v) is 14.6. The van der Waals surface area contributed by atoms with Gasteiger partial charge in [0.05, 0.1) is 17.7 Å². The average Bonchev–Trinajstić information content (AvgIpc) is 2.95. The van der Waals surface area contributed by atoms with Crippen molar-refractivity contribution in [3.05, 3.63) is 89.2 Å². The molecule has 40 heavy (non-hydrogen) atoms. The topological polar surface area (TPSA) is 96.0 Å². The van der Waals surface area contributed by atoms with Crippen molar-refractivity contribution in [3.8, 4) is 5.75 Å². The minimum atomic E-state index is -4.24. The fraction of sp³-hybridized carbons (Fsp3) is 0.310. The summed E-state index contributed by atoms with van der Waals surface area (Å²) in [6, 6.07) is 16.6. The first kappa shape index (κ1) is 30.9. The van der Waals surface area contributed by atoms with Gasteiger partial charge in [-0.1, -0.05) is 43.1 Å². The van der Waals surface area contributed by atoms with Crippen LogP contribution in [-0.4, -0.2) is 51.4 Å². The lowest BCUT2D eigenvalue weighted by atomic mass is 10.1. The molecule has 0 spiro atoms. The normalized spacial score (nSPS) is 11.9. The number of halogens is 2. The Labute approximate surface area is 239 Å². The van der Waals surface area contributed by atoms with Crippen molar-refractivity contribution in [2.24, 2.45) is 0 Å². The van der Waals surface area contributed by atoms with E-state index in [4.69, 9.17) is 16.3 Å². The molecule has 3 aromatic carbocycles. The van der Waals surface area contributed by atoms with Gasteiger partial charge in [0.2, 0.25) is 11.8 Å². The van der Waals surface area contributed by atoms with Gasteiger partial charge in [-0.3, -0.25) is 13.9 Å². The van der Waals surface area contributed by atoms with Crippen molar-refractivity contribution in [3.63, 3.8) is 0 Å². The molecule has 2 amide bonds. The Balaban J connectivity index is 2.00. The number of amides is 2. The minimum Gasteiger partial charge on any atom is -0.497 e. The molecule has 0 aliphatic rings. The standard InChI is InChI=1S/C29H33ClFN3O5S/c1-4-5-17-32-29(36)21(2)33(19-22-9-11-24(31)12-10-22)28(35)20-34(25-8-6-7-23(30)18-25)40(37,38)27-15-13-26(39-3)14-16-27/h6-16,18,21H,4-5,17,19-20H2,1-3H3,(H,32,36). The zero-order valence-electron chi connectivity index (χ0n) is 22.6. The van der Waals surface area contributed by atoms with Crippen molar-refractivity contribution < 1.29 is 27.1 Å². The van der Waals surface area contributed by atoms with Gasteiger partial charge < -0.3 is 15.0 Å². The number of hydrogen-bond donors (Lipinski definition) is 1. The lowest BCUT2D eigenvalue weighted by Gasteiger charge is -2.32. The summed E-state index contributed by atoms with van der Waals surface area (Å²) in [5.41, 5.74) is 0.758. The van der Waals surface area contributed by atoms with Gasteiger partial charge >= 0.3 is 0 Å². The van der Waals surface area contributed by atoms with Crippen LogP contribution in [0.5, 0.6) is 5.75 Å². The van der Waals surface area contributed by atoms with Crippen LogP contribution in [0, 0.1) is 5.82 Å². The predicted molar refractivity (Wildman–Crippen MR) is 153 cm³/mol. The summed E-state index contributed by atoms with van der Waals surface area (Å²) >= 11 is 6.18. The molecule has 0 aromatic heterocycles. The van der Waals surface area contributed by atoms with Gasteiger partial charge in [0, 0.05) is 18.1 Å². The van der Waals surface area contributed by atoms with E-state index in [1.54, 1.807) is 19.1 Å². The van der Waals surface area contributed by atoms with Crippen molar-refractivity contribution in [2.75, 3.05) is 24.5 Å². The van der Waals surface area contributed by atoms with Gasteiger partial charge in [-0.25, -0.2) is 12.8 Å². The lowest BCUT2D eigenvalue weighted by molar-refractivity contribution is -0.139. The van der Waals surface area contributed by atoms with Crippen LogP contribution in [0.2, 0.25) is 5.02 Å². The van der Waals surface area contributed by atoms with Crippen molar-refractivity contribution >= 4 is 39.1 Å². The van der Waals surface area contributed by atoms with Crippen LogP contribution in [0.25, 0.3) is 0 Å². The predicted octanol–water partition coefficient (Wildman–Crippen LogP) is 5.02. The second-order valence-corrected chi connectivity index (χ2v) is 11.4. The van der Waals surface area contributed by atoms with E-state index in [0.717, 1.165) is 17.1 Å². The number of anilines is 1.